The molecule has 0 aromatic carbocycles. The van der Waals surface area contributed by atoms with E-state index in [1.807, 2.05) is 39.2 Å². The van der Waals surface area contributed by atoms with E-state index in [1.165, 1.54) is 18.4 Å². The Morgan fingerprint density at radius 2 is 2.22 bits per heavy atom. The predicted octanol–water partition coefficient (Wildman–Crippen LogP) is 2.90. The molecule has 18 heavy (non-hydrogen) atoms. The first-order chi connectivity index (χ1) is 8.46. The Morgan fingerprint density at radius 3 is 2.78 bits per heavy atom. The lowest BCUT2D eigenvalue weighted by Gasteiger charge is -2.20. The number of rotatable bonds is 3. The van der Waals surface area contributed by atoms with Gasteiger partial charge >= 0.3 is 5.97 Å². The van der Waals surface area contributed by atoms with Crippen LogP contribution in [-0.2, 0) is 14.9 Å². The van der Waals surface area contributed by atoms with Crippen LogP contribution in [0.25, 0.3) is 10.6 Å². The standard InChI is InChI=1S/C13H16N2O2S/c1-8-10(13(2,3)12(16)17-4)18-11(15-8)9-5-6-14-7-9/h5-7,14H,1-4H3. The average Bonchev–Trinajstić information content (AvgIpc) is 2.96. The summed E-state index contributed by atoms with van der Waals surface area (Å²) >= 11 is 1.54. The zero-order valence-corrected chi connectivity index (χ0v) is 11.7. The topological polar surface area (TPSA) is 55.0 Å². The number of methoxy groups -OCH3 is 1. The lowest BCUT2D eigenvalue weighted by atomic mass is 9.91. The van der Waals surface area contributed by atoms with Crippen molar-refractivity contribution < 1.29 is 9.53 Å². The first kappa shape index (κ1) is 12.8. The Bertz CT molecular complexity index is 556. The molecule has 4 nitrogen and oxygen atoms in total. The quantitative estimate of drug-likeness (QED) is 0.867. The largest absolute Gasteiger partial charge is 0.468 e. The summed E-state index contributed by atoms with van der Waals surface area (Å²) in [6.07, 6.45) is 3.75. The fourth-order valence-electron chi connectivity index (χ4n) is 1.90. The molecule has 0 saturated heterocycles. The number of hydrogen-bond donors (Lipinski definition) is 1. The number of esters is 1. The Labute approximate surface area is 110 Å². The molecular weight excluding hydrogens is 248 g/mol. The van der Waals surface area contributed by atoms with E-state index in [9.17, 15) is 4.79 Å². The highest BCUT2D eigenvalue weighted by atomic mass is 32.1. The fourth-order valence-corrected chi connectivity index (χ4v) is 3.06. The molecule has 2 aromatic heterocycles. The minimum absolute atomic E-state index is 0.241. The Kier molecular flexibility index (Phi) is 3.26. The number of H-pyrrole nitrogens is 1. The SMILES string of the molecule is COC(=O)C(C)(C)c1sc(-c2cc[nH]c2)nc1C. The molecule has 0 aliphatic rings. The molecule has 0 radical (unpaired) electrons. The molecule has 2 heterocycles. The number of aromatic amines is 1. The first-order valence-electron chi connectivity index (χ1n) is 5.66. The van der Waals surface area contributed by atoms with Gasteiger partial charge in [-0.25, -0.2) is 4.98 Å². The summed E-state index contributed by atoms with van der Waals surface area (Å²) in [6.45, 7) is 5.65. The van der Waals surface area contributed by atoms with Crippen LogP contribution in [0.3, 0.4) is 0 Å². The third-order valence-electron chi connectivity index (χ3n) is 2.90. The summed E-state index contributed by atoms with van der Waals surface area (Å²) in [5.41, 5.74) is 1.26. The summed E-state index contributed by atoms with van der Waals surface area (Å²) in [7, 11) is 1.41. The maximum Gasteiger partial charge on any atom is 0.316 e. The van der Waals surface area contributed by atoms with Gasteiger partial charge in [0.2, 0.25) is 0 Å². The van der Waals surface area contributed by atoms with E-state index >= 15 is 0 Å². The summed E-state index contributed by atoms with van der Waals surface area (Å²) < 4.78 is 4.86. The van der Waals surface area contributed by atoms with E-state index in [1.54, 1.807) is 0 Å². The molecule has 0 unspecified atom stereocenters. The zero-order valence-electron chi connectivity index (χ0n) is 10.9. The van der Waals surface area contributed by atoms with E-state index in [-0.39, 0.29) is 5.97 Å². The van der Waals surface area contributed by atoms with Crippen molar-refractivity contribution >= 4 is 17.3 Å². The van der Waals surface area contributed by atoms with Crippen molar-refractivity contribution in [3.8, 4) is 10.6 Å². The van der Waals surface area contributed by atoms with Gasteiger partial charge in [-0.1, -0.05) is 0 Å². The van der Waals surface area contributed by atoms with Gasteiger partial charge in [0.1, 0.15) is 5.01 Å². The normalized spacial score (nSPS) is 11.6. The highest BCUT2D eigenvalue weighted by molar-refractivity contribution is 7.15. The van der Waals surface area contributed by atoms with Crippen molar-refractivity contribution in [2.45, 2.75) is 26.2 Å². The van der Waals surface area contributed by atoms with Crippen LogP contribution in [0, 0.1) is 6.92 Å². The van der Waals surface area contributed by atoms with Crippen molar-refractivity contribution in [1.82, 2.24) is 9.97 Å². The predicted molar refractivity (Wildman–Crippen MR) is 71.7 cm³/mol. The van der Waals surface area contributed by atoms with Gasteiger partial charge in [0.15, 0.2) is 0 Å². The van der Waals surface area contributed by atoms with Gasteiger partial charge in [-0.15, -0.1) is 11.3 Å². The van der Waals surface area contributed by atoms with E-state index in [2.05, 4.69) is 9.97 Å². The Balaban J connectivity index is 2.44. The summed E-state index contributed by atoms with van der Waals surface area (Å²) in [5.74, 6) is -0.241. The molecule has 2 aromatic rings. The second-order valence-electron chi connectivity index (χ2n) is 4.65. The van der Waals surface area contributed by atoms with E-state index < -0.39 is 5.41 Å². The number of nitrogens with one attached hydrogen (secondary N) is 1. The molecule has 2 rings (SSSR count). The van der Waals surface area contributed by atoms with Crippen molar-refractivity contribution in [3.63, 3.8) is 0 Å². The lowest BCUT2D eigenvalue weighted by Crippen LogP contribution is -2.29. The van der Waals surface area contributed by atoms with Crippen LogP contribution in [0.2, 0.25) is 0 Å². The molecule has 0 aliphatic heterocycles. The number of aryl methyl sites for hydroxylation is 1. The molecule has 0 aliphatic carbocycles. The zero-order chi connectivity index (χ0) is 13.3. The highest BCUT2D eigenvalue weighted by Crippen LogP contribution is 2.36. The maximum atomic E-state index is 11.8. The number of nitrogens with zero attached hydrogens (tertiary/aromatic N) is 1. The van der Waals surface area contributed by atoms with Gasteiger partial charge in [-0.05, 0) is 26.8 Å². The van der Waals surface area contributed by atoms with Crippen LogP contribution < -0.4 is 0 Å². The number of hydrogen-bond acceptors (Lipinski definition) is 4. The average molecular weight is 264 g/mol. The van der Waals surface area contributed by atoms with Crippen LogP contribution in [0.1, 0.15) is 24.4 Å². The Morgan fingerprint density at radius 1 is 1.50 bits per heavy atom. The third kappa shape index (κ3) is 2.06. The molecule has 0 fully saturated rings. The monoisotopic (exact) mass is 264 g/mol. The van der Waals surface area contributed by atoms with E-state index in [0.29, 0.717) is 0 Å². The minimum Gasteiger partial charge on any atom is -0.468 e. The van der Waals surface area contributed by atoms with Gasteiger partial charge < -0.3 is 9.72 Å². The van der Waals surface area contributed by atoms with Gasteiger partial charge in [0.25, 0.3) is 0 Å². The van der Waals surface area contributed by atoms with Gasteiger partial charge in [0.05, 0.1) is 18.2 Å². The van der Waals surface area contributed by atoms with Crippen molar-refractivity contribution in [1.29, 1.82) is 0 Å². The number of aromatic nitrogens is 2. The van der Waals surface area contributed by atoms with Gasteiger partial charge in [-0.3, -0.25) is 4.79 Å². The van der Waals surface area contributed by atoms with Crippen molar-refractivity contribution in [2.75, 3.05) is 7.11 Å². The van der Waals surface area contributed by atoms with Crippen molar-refractivity contribution in [3.05, 3.63) is 29.0 Å². The van der Waals surface area contributed by atoms with Crippen LogP contribution >= 0.6 is 11.3 Å². The molecule has 0 atom stereocenters. The molecular formula is C13H16N2O2S. The maximum absolute atomic E-state index is 11.8. The number of ether oxygens (including phenoxy) is 1. The molecule has 0 amide bonds. The van der Waals surface area contributed by atoms with Gasteiger partial charge in [0, 0.05) is 22.8 Å². The second-order valence-corrected chi connectivity index (χ2v) is 5.65. The molecule has 5 heteroatoms. The number of carbonyl (C=O) groups is 1. The highest BCUT2D eigenvalue weighted by Gasteiger charge is 2.35. The number of thiazole rings is 1. The molecule has 0 saturated carbocycles. The molecule has 0 spiro atoms. The summed E-state index contributed by atoms with van der Waals surface area (Å²) in [6, 6.07) is 1.97. The lowest BCUT2D eigenvalue weighted by molar-refractivity contribution is -0.146. The van der Waals surface area contributed by atoms with Crippen molar-refractivity contribution in [2.24, 2.45) is 0 Å². The van der Waals surface area contributed by atoms with Crippen LogP contribution in [0.5, 0.6) is 0 Å². The smallest absolute Gasteiger partial charge is 0.316 e. The first-order valence-corrected chi connectivity index (χ1v) is 6.48. The van der Waals surface area contributed by atoms with E-state index in [4.69, 9.17) is 4.74 Å². The molecule has 96 valence electrons. The van der Waals surface area contributed by atoms with Gasteiger partial charge in [-0.2, -0.15) is 0 Å². The number of carbonyl (C=O) groups excluding carboxylic acids is 1. The molecule has 0 bridgehead atoms. The third-order valence-corrected chi connectivity index (χ3v) is 4.44. The fraction of sp³-hybridized carbons (Fsp3) is 0.385. The van der Waals surface area contributed by atoms with Crippen LogP contribution in [-0.4, -0.2) is 23.0 Å². The molecule has 1 N–H and O–H groups in total. The summed E-state index contributed by atoms with van der Waals surface area (Å²) in [5, 5.41) is 0.917. The van der Waals surface area contributed by atoms with Crippen LogP contribution in [0.4, 0.5) is 0 Å². The summed E-state index contributed by atoms with van der Waals surface area (Å²) in [4.78, 5) is 20.3. The van der Waals surface area contributed by atoms with E-state index in [0.717, 1.165) is 21.1 Å². The minimum atomic E-state index is -0.662. The Hall–Kier alpha value is -1.62. The second kappa shape index (κ2) is 4.57. The van der Waals surface area contributed by atoms with Crippen LogP contribution in [0.15, 0.2) is 18.5 Å².